The normalized spacial score (nSPS) is 13.9. The second kappa shape index (κ2) is 6.26. The molecule has 5 nitrogen and oxygen atoms in total. The van der Waals surface area contributed by atoms with Crippen molar-refractivity contribution in [2.24, 2.45) is 0 Å². The average Bonchev–Trinajstić information content (AvgIpc) is 2.13. The SMILES string of the molecule is [2H]C#C[B]N(S(=O)(=O)C(F)(F)F)S(=O)(=O)C(F)(F)F.[U]. The Morgan fingerprint density at radius 2 is 1.32 bits per heavy atom. The maximum atomic E-state index is 12.1. The van der Waals surface area contributed by atoms with Crippen LogP contribution in [0, 0.1) is 43.3 Å². The molecule has 0 aromatic heterocycles. The minimum absolute atomic E-state index is 0. The summed E-state index contributed by atoms with van der Waals surface area (Å²) in [6, 6.07) is 0. The molecule has 0 amide bonds. The summed E-state index contributed by atoms with van der Waals surface area (Å²) in [4.78, 5) is 0. The predicted molar refractivity (Wildman–Crippen MR) is 46.4 cm³/mol. The molecule has 0 fully saturated rings. The molecular formula is C4HBF6NO4S2U. The predicted octanol–water partition coefficient (Wildman–Crippen LogP) is 0.198. The maximum absolute atomic E-state index is 12.1. The summed E-state index contributed by atoms with van der Waals surface area (Å²) in [5, 5.41) is 0. The van der Waals surface area contributed by atoms with Crippen LogP contribution in [0.5, 0.6) is 0 Å². The zero-order valence-electron chi connectivity index (χ0n) is 9.24. The summed E-state index contributed by atoms with van der Waals surface area (Å²) in [5.74, 6) is 1.06. The monoisotopic (exact) mass is 555 g/mol. The van der Waals surface area contributed by atoms with Crippen molar-refractivity contribution in [1.29, 1.82) is 0 Å². The van der Waals surface area contributed by atoms with Crippen molar-refractivity contribution < 1.29 is 75.7 Å². The molecule has 0 aliphatic rings. The Labute approximate surface area is 129 Å². The third kappa shape index (κ3) is 4.29. The summed E-state index contributed by atoms with van der Waals surface area (Å²) < 4.78 is 119. The number of rotatable bonds is 3. The van der Waals surface area contributed by atoms with Gasteiger partial charge in [-0.25, -0.2) is 16.8 Å². The van der Waals surface area contributed by atoms with Gasteiger partial charge in [-0.05, 0) is 0 Å². The Kier molecular flexibility index (Phi) is 6.30. The zero-order chi connectivity index (χ0) is 15.7. The van der Waals surface area contributed by atoms with Gasteiger partial charge in [-0.2, -0.15) is 26.3 Å². The van der Waals surface area contributed by atoms with Gasteiger partial charge in [0.25, 0.3) is 0 Å². The minimum atomic E-state index is -6.87. The molecule has 0 N–H and O–H groups in total. The number of sulfonamides is 2. The fourth-order valence-electron chi connectivity index (χ4n) is 0.525. The van der Waals surface area contributed by atoms with Crippen molar-refractivity contribution in [3.8, 4) is 12.2 Å². The molecule has 107 valence electrons. The summed E-state index contributed by atoms with van der Waals surface area (Å²) in [5.41, 5.74) is -12.6. The van der Waals surface area contributed by atoms with Crippen LogP contribution in [0.3, 0.4) is 0 Å². The van der Waals surface area contributed by atoms with Gasteiger partial charge in [0.2, 0.25) is 0 Å². The van der Waals surface area contributed by atoms with Crippen molar-refractivity contribution in [2.75, 3.05) is 0 Å². The molecule has 0 bridgehead atoms. The second-order valence-electron chi connectivity index (χ2n) is 2.40. The molecule has 0 aliphatic heterocycles. The Morgan fingerprint density at radius 3 is 1.53 bits per heavy atom. The first-order valence-electron chi connectivity index (χ1n) is 3.87. The molecule has 0 aliphatic carbocycles. The van der Waals surface area contributed by atoms with E-state index in [1.165, 1.54) is 0 Å². The van der Waals surface area contributed by atoms with Crippen LogP contribution >= 0.6 is 0 Å². The van der Waals surface area contributed by atoms with E-state index in [0.717, 1.165) is 12.2 Å². The summed E-state index contributed by atoms with van der Waals surface area (Å²) in [7, 11) is -14.5. The van der Waals surface area contributed by atoms with Crippen LogP contribution in [-0.4, -0.2) is 38.9 Å². The molecular weight excluding hydrogens is 553 g/mol. The van der Waals surface area contributed by atoms with Crippen LogP contribution in [0.2, 0.25) is 0 Å². The van der Waals surface area contributed by atoms with Gasteiger partial charge < -0.3 is 0 Å². The Morgan fingerprint density at radius 1 is 1.00 bits per heavy atom. The molecule has 0 saturated carbocycles. The second-order valence-corrected chi connectivity index (χ2v) is 6.24. The number of hydrogen-bond donors (Lipinski definition) is 0. The molecule has 0 atom stereocenters. The summed E-state index contributed by atoms with van der Waals surface area (Å²) in [6.45, 7) is 0. The first kappa shape index (κ1) is 19.1. The molecule has 0 aromatic rings. The standard InChI is InChI=1S/C4HBF6NO4S2.U/c1-2-5-12(17(13,14)3(6,7)8)18(15,16)4(9,10)11;/h1H;/i1D;. The Bertz CT molecular complexity index is 560. The van der Waals surface area contributed by atoms with Gasteiger partial charge in [-0.1, -0.05) is 0 Å². The van der Waals surface area contributed by atoms with E-state index in [2.05, 4.69) is 0 Å². The van der Waals surface area contributed by atoms with Crippen LogP contribution in [0.25, 0.3) is 0 Å². The molecule has 0 heterocycles. The number of alkyl halides is 6. The summed E-state index contributed by atoms with van der Waals surface area (Å²) >= 11 is 0. The molecule has 0 spiro atoms. The smallest absolute Gasteiger partial charge is 0.203 e. The molecule has 0 unspecified atom stereocenters. The average molecular weight is 555 g/mol. The largest absolute Gasteiger partial charge is 0.511 e. The Balaban J connectivity index is 0. The first-order valence-corrected chi connectivity index (χ1v) is 6.25. The Hall–Kier alpha value is 0.117. The molecule has 19 heavy (non-hydrogen) atoms. The molecule has 15 heteroatoms. The van der Waals surface area contributed by atoms with Crippen molar-refractivity contribution >= 4 is 27.5 Å². The van der Waals surface area contributed by atoms with Crippen LogP contribution < -0.4 is 0 Å². The van der Waals surface area contributed by atoms with Crippen molar-refractivity contribution in [2.45, 2.75) is 11.0 Å². The van der Waals surface area contributed by atoms with Gasteiger partial charge in [0.1, 0.15) is 1.37 Å². The molecule has 1 radical (unpaired) electrons. The quantitative estimate of drug-likeness (QED) is 0.284. The van der Waals surface area contributed by atoms with Gasteiger partial charge >= 0.3 is 38.5 Å². The van der Waals surface area contributed by atoms with E-state index in [0.29, 0.717) is 0 Å². The van der Waals surface area contributed by atoms with Gasteiger partial charge in [0, 0.05) is 31.1 Å². The van der Waals surface area contributed by atoms with Crippen molar-refractivity contribution in [3.63, 3.8) is 0 Å². The van der Waals surface area contributed by atoms with Crippen LogP contribution in [0.15, 0.2) is 0 Å². The van der Waals surface area contributed by atoms with Gasteiger partial charge in [0.15, 0.2) is 0 Å². The van der Waals surface area contributed by atoms with Crippen LogP contribution in [0.4, 0.5) is 26.3 Å². The van der Waals surface area contributed by atoms with E-state index in [1.807, 2.05) is 0 Å². The fourth-order valence-corrected chi connectivity index (χ4v) is 2.86. The topological polar surface area (TPSA) is 71.5 Å². The van der Waals surface area contributed by atoms with E-state index in [1.54, 1.807) is 0 Å². The van der Waals surface area contributed by atoms with Gasteiger partial charge in [-0.15, -0.1) is 15.8 Å². The van der Waals surface area contributed by atoms with E-state index in [9.17, 15) is 43.2 Å². The van der Waals surface area contributed by atoms with Crippen LogP contribution in [0.1, 0.15) is 1.37 Å². The third-order valence-electron chi connectivity index (χ3n) is 1.23. The number of halogens is 6. The van der Waals surface area contributed by atoms with E-state index in [-0.39, 0.29) is 31.1 Å². The van der Waals surface area contributed by atoms with Gasteiger partial charge in [0.05, 0.1) is 0 Å². The third-order valence-corrected chi connectivity index (χ3v) is 4.73. The molecule has 0 rings (SSSR count). The van der Waals surface area contributed by atoms with Crippen molar-refractivity contribution in [3.05, 3.63) is 0 Å². The van der Waals surface area contributed by atoms with E-state index < -0.39 is 42.1 Å². The number of nitrogens with zero attached hydrogens (tertiary/aromatic N) is 1. The van der Waals surface area contributed by atoms with Gasteiger partial charge in [-0.3, -0.25) is 0 Å². The number of hydrogen-bond acceptors (Lipinski definition) is 4. The van der Waals surface area contributed by atoms with E-state index >= 15 is 0 Å². The van der Waals surface area contributed by atoms with Crippen molar-refractivity contribution in [1.82, 2.24) is 3.62 Å². The molecule has 0 aromatic carbocycles. The summed E-state index contributed by atoms with van der Waals surface area (Å²) in [6.07, 6.45) is 0.984. The van der Waals surface area contributed by atoms with Crippen LogP contribution in [-0.2, 0) is 20.0 Å². The molecule has 0 saturated heterocycles. The first-order chi connectivity index (χ1) is 8.19. The zero-order valence-corrected chi connectivity index (χ0v) is 14.0. The minimum Gasteiger partial charge on any atom is -0.203 e. The van der Waals surface area contributed by atoms with E-state index in [4.69, 9.17) is 1.37 Å². The number of terminal acetylenes is 1. The maximum Gasteiger partial charge on any atom is 0.511 e. The fraction of sp³-hybridized carbons (Fsp3) is 0.500.